The number of imide groups is 1. The van der Waals surface area contributed by atoms with Crippen molar-refractivity contribution in [3.63, 3.8) is 0 Å². The highest BCUT2D eigenvalue weighted by Gasteiger charge is 2.43. The third kappa shape index (κ3) is 2.80. The number of anilines is 1. The van der Waals surface area contributed by atoms with Gasteiger partial charge in [-0.25, -0.2) is 4.79 Å². The Labute approximate surface area is 142 Å². The number of benzene rings is 2. The van der Waals surface area contributed by atoms with Crippen LogP contribution in [0.25, 0.3) is 0 Å². The summed E-state index contributed by atoms with van der Waals surface area (Å²) in [6.45, 7) is 8.11. The molecule has 3 rings (SSSR count). The van der Waals surface area contributed by atoms with Crippen molar-refractivity contribution >= 4 is 17.6 Å². The molecule has 4 nitrogen and oxygen atoms in total. The molecule has 0 spiro atoms. The molecule has 3 amide bonds. The van der Waals surface area contributed by atoms with Gasteiger partial charge in [-0.2, -0.15) is 0 Å². The predicted octanol–water partition coefficient (Wildman–Crippen LogP) is 3.97. The number of carbonyl (C=O) groups is 2. The summed E-state index contributed by atoms with van der Waals surface area (Å²) in [4.78, 5) is 28.4. The van der Waals surface area contributed by atoms with Crippen molar-refractivity contribution in [3.05, 3.63) is 64.7 Å². The van der Waals surface area contributed by atoms with E-state index in [-0.39, 0.29) is 11.9 Å². The van der Waals surface area contributed by atoms with Crippen LogP contribution in [0, 0.1) is 20.8 Å². The minimum atomic E-state index is -0.481. The minimum Gasteiger partial charge on any atom is -0.282 e. The van der Waals surface area contributed by atoms with Crippen molar-refractivity contribution in [2.45, 2.75) is 40.3 Å². The van der Waals surface area contributed by atoms with Crippen LogP contribution in [0.5, 0.6) is 0 Å². The fourth-order valence-corrected chi connectivity index (χ4v) is 3.05. The van der Waals surface area contributed by atoms with E-state index >= 15 is 0 Å². The second kappa shape index (κ2) is 6.11. The number of aryl methyl sites for hydroxylation is 3. The van der Waals surface area contributed by atoms with E-state index in [1.165, 1.54) is 4.90 Å². The molecule has 1 fully saturated rings. The van der Waals surface area contributed by atoms with Crippen molar-refractivity contribution in [1.29, 1.82) is 0 Å². The Morgan fingerprint density at radius 1 is 0.917 bits per heavy atom. The third-order valence-electron chi connectivity index (χ3n) is 4.59. The lowest BCUT2D eigenvalue weighted by atomic mass is 10.1. The number of urea groups is 1. The number of carbonyl (C=O) groups excluding carboxylic acids is 2. The predicted molar refractivity (Wildman–Crippen MR) is 95.0 cm³/mol. The molecule has 1 aliphatic heterocycles. The van der Waals surface area contributed by atoms with E-state index in [2.05, 4.69) is 0 Å². The topological polar surface area (TPSA) is 40.6 Å². The Morgan fingerprint density at radius 2 is 1.54 bits per heavy atom. The van der Waals surface area contributed by atoms with E-state index in [1.54, 1.807) is 11.8 Å². The van der Waals surface area contributed by atoms with Crippen molar-refractivity contribution in [2.75, 3.05) is 4.90 Å². The molecule has 1 saturated heterocycles. The maximum atomic E-state index is 12.8. The molecule has 0 aromatic heterocycles. The Balaban J connectivity index is 1.90. The molecule has 1 aliphatic rings. The molecular formula is C20H22N2O2. The van der Waals surface area contributed by atoms with Gasteiger partial charge in [0.25, 0.3) is 5.91 Å². The average Bonchev–Trinajstić information content (AvgIpc) is 2.76. The molecule has 0 bridgehead atoms. The zero-order chi connectivity index (χ0) is 17.4. The number of nitrogens with zero attached hydrogens (tertiary/aromatic N) is 2. The lowest BCUT2D eigenvalue weighted by molar-refractivity contribution is -0.127. The zero-order valence-corrected chi connectivity index (χ0v) is 14.5. The lowest BCUT2D eigenvalue weighted by Crippen LogP contribution is -2.33. The van der Waals surface area contributed by atoms with Gasteiger partial charge in [-0.3, -0.25) is 14.6 Å². The van der Waals surface area contributed by atoms with Crippen LogP contribution in [0.4, 0.5) is 10.5 Å². The molecule has 0 radical (unpaired) electrons. The summed E-state index contributed by atoms with van der Waals surface area (Å²) < 4.78 is 0. The molecule has 0 aliphatic carbocycles. The highest BCUT2D eigenvalue weighted by atomic mass is 16.2. The zero-order valence-electron chi connectivity index (χ0n) is 14.5. The van der Waals surface area contributed by atoms with Crippen LogP contribution in [0.3, 0.4) is 0 Å². The first-order chi connectivity index (χ1) is 11.4. The van der Waals surface area contributed by atoms with E-state index in [9.17, 15) is 9.59 Å². The Morgan fingerprint density at radius 3 is 2.21 bits per heavy atom. The number of hydrogen-bond donors (Lipinski definition) is 0. The van der Waals surface area contributed by atoms with Crippen LogP contribution < -0.4 is 4.90 Å². The van der Waals surface area contributed by atoms with Gasteiger partial charge in [0, 0.05) is 5.69 Å². The van der Waals surface area contributed by atoms with Crippen molar-refractivity contribution in [1.82, 2.24) is 4.90 Å². The van der Waals surface area contributed by atoms with Crippen LogP contribution in [0.1, 0.15) is 29.2 Å². The maximum Gasteiger partial charge on any atom is 0.332 e. The first-order valence-corrected chi connectivity index (χ1v) is 8.16. The fraction of sp³-hybridized carbons (Fsp3) is 0.300. The van der Waals surface area contributed by atoms with E-state index in [0.717, 1.165) is 27.9 Å². The van der Waals surface area contributed by atoms with E-state index in [4.69, 9.17) is 0 Å². The summed E-state index contributed by atoms with van der Waals surface area (Å²) in [6, 6.07) is 13.0. The normalized spacial score (nSPS) is 17.8. The van der Waals surface area contributed by atoms with Crippen molar-refractivity contribution < 1.29 is 9.59 Å². The van der Waals surface area contributed by atoms with Gasteiger partial charge in [-0.05, 0) is 51.0 Å². The second-order valence-electron chi connectivity index (χ2n) is 6.52. The summed E-state index contributed by atoms with van der Waals surface area (Å²) >= 11 is 0. The molecule has 4 heteroatoms. The van der Waals surface area contributed by atoms with Gasteiger partial charge < -0.3 is 0 Å². The third-order valence-corrected chi connectivity index (χ3v) is 4.59. The fourth-order valence-electron chi connectivity index (χ4n) is 3.05. The monoisotopic (exact) mass is 322 g/mol. The van der Waals surface area contributed by atoms with Gasteiger partial charge >= 0.3 is 6.03 Å². The smallest absolute Gasteiger partial charge is 0.282 e. The number of hydrogen-bond acceptors (Lipinski definition) is 2. The van der Waals surface area contributed by atoms with Gasteiger partial charge in [0.2, 0.25) is 0 Å². The summed E-state index contributed by atoms with van der Waals surface area (Å²) in [5, 5.41) is 0. The molecular weight excluding hydrogens is 300 g/mol. The molecule has 0 N–H and O–H groups in total. The Hall–Kier alpha value is -2.62. The summed E-state index contributed by atoms with van der Waals surface area (Å²) in [5.74, 6) is -0.151. The Kier molecular flexibility index (Phi) is 4.14. The molecule has 2 aromatic rings. The average molecular weight is 322 g/mol. The highest BCUT2D eigenvalue weighted by Crippen LogP contribution is 2.27. The summed E-state index contributed by atoms with van der Waals surface area (Å²) in [7, 11) is 0. The quantitative estimate of drug-likeness (QED) is 0.802. The van der Waals surface area contributed by atoms with Crippen LogP contribution in [-0.2, 0) is 11.3 Å². The van der Waals surface area contributed by atoms with E-state index in [0.29, 0.717) is 6.54 Å². The van der Waals surface area contributed by atoms with Gasteiger partial charge in [0.15, 0.2) is 0 Å². The standard InChI is InChI=1S/C20H22N2O2/c1-13-6-9-18(10-7-13)22-16(4)19(23)21(20(22)24)12-17-11-14(2)5-8-15(17)3/h5-11,16H,12H2,1-4H3. The van der Waals surface area contributed by atoms with Crippen LogP contribution >= 0.6 is 0 Å². The number of rotatable bonds is 3. The van der Waals surface area contributed by atoms with Gasteiger partial charge in [0.05, 0.1) is 6.54 Å². The van der Waals surface area contributed by atoms with E-state index < -0.39 is 6.04 Å². The van der Waals surface area contributed by atoms with E-state index in [1.807, 2.05) is 63.2 Å². The molecule has 1 atom stereocenters. The van der Waals surface area contributed by atoms with Crippen LogP contribution in [0.2, 0.25) is 0 Å². The summed E-state index contributed by atoms with van der Waals surface area (Å²) in [5.41, 5.74) is 5.10. The molecule has 2 aromatic carbocycles. The van der Waals surface area contributed by atoms with Gasteiger partial charge in [0.1, 0.15) is 6.04 Å². The molecule has 124 valence electrons. The number of amides is 3. The summed E-state index contributed by atoms with van der Waals surface area (Å²) in [6.07, 6.45) is 0. The maximum absolute atomic E-state index is 12.8. The van der Waals surface area contributed by atoms with Crippen LogP contribution in [-0.4, -0.2) is 22.9 Å². The Bertz CT molecular complexity index is 796. The lowest BCUT2D eigenvalue weighted by Gasteiger charge is -2.20. The van der Waals surface area contributed by atoms with Crippen molar-refractivity contribution in [3.8, 4) is 0 Å². The first kappa shape index (κ1) is 16.2. The SMILES string of the molecule is Cc1ccc(N2C(=O)N(Cc3cc(C)ccc3C)C(=O)C2C)cc1. The molecule has 1 heterocycles. The minimum absolute atomic E-state index is 0.151. The second-order valence-corrected chi connectivity index (χ2v) is 6.52. The molecule has 24 heavy (non-hydrogen) atoms. The first-order valence-electron chi connectivity index (χ1n) is 8.16. The highest BCUT2D eigenvalue weighted by molar-refractivity contribution is 6.14. The molecule has 1 unspecified atom stereocenters. The van der Waals surface area contributed by atoms with Gasteiger partial charge in [-0.1, -0.05) is 41.5 Å². The van der Waals surface area contributed by atoms with Gasteiger partial charge in [-0.15, -0.1) is 0 Å². The van der Waals surface area contributed by atoms with Crippen LogP contribution in [0.15, 0.2) is 42.5 Å². The molecule has 0 saturated carbocycles. The largest absolute Gasteiger partial charge is 0.332 e. The van der Waals surface area contributed by atoms with Crippen molar-refractivity contribution in [2.24, 2.45) is 0 Å².